The fraction of sp³-hybridized carbons (Fsp3) is 0.533. The number of hydrogen-bond acceptors (Lipinski definition) is 2. The summed E-state index contributed by atoms with van der Waals surface area (Å²) in [7, 11) is 0. The number of benzene rings is 1. The van der Waals surface area contributed by atoms with Gasteiger partial charge in [-0.1, -0.05) is 18.9 Å². The zero-order chi connectivity index (χ0) is 14.3. The maximum absolute atomic E-state index is 13.4. The minimum absolute atomic E-state index is 0.0478. The van der Waals surface area contributed by atoms with Crippen molar-refractivity contribution in [1.82, 2.24) is 10.2 Å². The van der Waals surface area contributed by atoms with Crippen LogP contribution in [-0.4, -0.2) is 22.9 Å². The molecule has 1 aliphatic carbocycles. The van der Waals surface area contributed by atoms with Crippen molar-refractivity contribution in [3.05, 3.63) is 35.4 Å². The van der Waals surface area contributed by atoms with E-state index in [2.05, 4.69) is 5.32 Å². The predicted molar refractivity (Wildman–Crippen MR) is 70.8 cm³/mol. The largest absolute Gasteiger partial charge is 0.319 e. The summed E-state index contributed by atoms with van der Waals surface area (Å²) in [5.74, 6) is -1.69. The van der Waals surface area contributed by atoms with Crippen LogP contribution in [0.4, 0.5) is 8.78 Å². The second-order valence-electron chi connectivity index (χ2n) is 5.65. The van der Waals surface area contributed by atoms with Gasteiger partial charge >= 0.3 is 0 Å². The van der Waals surface area contributed by atoms with Crippen LogP contribution in [0.15, 0.2) is 18.2 Å². The van der Waals surface area contributed by atoms with E-state index >= 15 is 0 Å². The first-order valence-corrected chi connectivity index (χ1v) is 7.11. The summed E-state index contributed by atoms with van der Waals surface area (Å²) >= 11 is 0. The first-order chi connectivity index (χ1) is 9.58. The molecular formula is C15H18F2N2O. The summed E-state index contributed by atoms with van der Waals surface area (Å²) in [6.45, 7) is 1.81. The van der Waals surface area contributed by atoms with Crippen molar-refractivity contribution in [2.45, 2.75) is 50.9 Å². The van der Waals surface area contributed by atoms with Gasteiger partial charge in [0.15, 0.2) is 11.6 Å². The Bertz CT molecular complexity index is 529. The van der Waals surface area contributed by atoms with Crippen molar-refractivity contribution in [2.75, 3.05) is 0 Å². The van der Waals surface area contributed by atoms with E-state index < -0.39 is 11.6 Å². The summed E-state index contributed by atoms with van der Waals surface area (Å²) in [6, 6.07) is 3.77. The van der Waals surface area contributed by atoms with Gasteiger partial charge in [0.2, 0.25) is 5.91 Å². The lowest BCUT2D eigenvalue weighted by Gasteiger charge is -2.30. The molecule has 1 aromatic rings. The number of halogens is 2. The summed E-state index contributed by atoms with van der Waals surface area (Å²) in [5, 5.41) is 3.18. The Balaban J connectivity index is 1.93. The number of carbonyl (C=O) groups excluding carboxylic acids is 1. The molecule has 108 valence electrons. The Hall–Kier alpha value is -1.49. The number of carbonyl (C=O) groups is 1. The molecule has 2 fully saturated rings. The van der Waals surface area contributed by atoms with Gasteiger partial charge in [-0.25, -0.2) is 8.78 Å². The highest BCUT2D eigenvalue weighted by Crippen LogP contribution is 2.34. The molecule has 3 nitrogen and oxygen atoms in total. The van der Waals surface area contributed by atoms with Crippen LogP contribution in [0, 0.1) is 11.6 Å². The molecule has 1 N–H and O–H groups in total. The lowest BCUT2D eigenvalue weighted by molar-refractivity contribution is -0.132. The Morgan fingerprint density at radius 2 is 1.90 bits per heavy atom. The minimum Gasteiger partial charge on any atom is -0.319 e. The lowest BCUT2D eigenvalue weighted by Crippen LogP contribution is -2.38. The van der Waals surface area contributed by atoms with Crippen LogP contribution >= 0.6 is 0 Å². The van der Waals surface area contributed by atoms with Crippen molar-refractivity contribution in [2.24, 2.45) is 0 Å². The SMILES string of the molecule is CC1NC(c2ccc(F)c(F)c2)N(C2CCCC2)C1=O. The van der Waals surface area contributed by atoms with Gasteiger partial charge in [0.05, 0.1) is 6.04 Å². The smallest absolute Gasteiger partial charge is 0.241 e. The number of nitrogens with one attached hydrogen (secondary N) is 1. The Morgan fingerprint density at radius 3 is 2.55 bits per heavy atom. The molecule has 0 bridgehead atoms. The van der Waals surface area contributed by atoms with E-state index in [0.29, 0.717) is 5.56 Å². The third kappa shape index (κ3) is 2.20. The Morgan fingerprint density at radius 1 is 1.20 bits per heavy atom. The number of rotatable bonds is 2. The van der Waals surface area contributed by atoms with Crippen LogP contribution in [0.5, 0.6) is 0 Å². The standard InChI is InChI=1S/C15H18F2N2O/c1-9-15(20)19(11-4-2-3-5-11)14(18-9)10-6-7-12(16)13(17)8-10/h6-9,11,14,18H,2-5H2,1H3. The van der Waals surface area contributed by atoms with Gasteiger partial charge in [-0.15, -0.1) is 0 Å². The summed E-state index contributed by atoms with van der Waals surface area (Å²) in [6.07, 6.45) is 3.86. The molecule has 5 heteroatoms. The van der Waals surface area contributed by atoms with E-state index in [0.717, 1.165) is 31.7 Å². The van der Waals surface area contributed by atoms with Crippen LogP contribution in [-0.2, 0) is 4.79 Å². The molecule has 2 atom stereocenters. The van der Waals surface area contributed by atoms with Gasteiger partial charge in [-0.3, -0.25) is 10.1 Å². The van der Waals surface area contributed by atoms with Crippen molar-refractivity contribution in [3.63, 3.8) is 0 Å². The van der Waals surface area contributed by atoms with E-state index in [9.17, 15) is 13.6 Å². The van der Waals surface area contributed by atoms with Crippen LogP contribution in [0.2, 0.25) is 0 Å². The molecule has 0 radical (unpaired) electrons. The minimum atomic E-state index is -0.873. The average molecular weight is 280 g/mol. The molecule has 1 amide bonds. The van der Waals surface area contributed by atoms with Crippen LogP contribution in [0.25, 0.3) is 0 Å². The van der Waals surface area contributed by atoms with Gasteiger partial charge in [0, 0.05) is 6.04 Å². The highest BCUT2D eigenvalue weighted by Gasteiger charge is 2.41. The number of hydrogen-bond donors (Lipinski definition) is 1. The summed E-state index contributed by atoms with van der Waals surface area (Å²) in [4.78, 5) is 14.1. The molecule has 0 aromatic heterocycles. The zero-order valence-electron chi connectivity index (χ0n) is 11.4. The van der Waals surface area contributed by atoms with E-state index in [1.54, 1.807) is 6.07 Å². The second kappa shape index (κ2) is 5.13. The second-order valence-corrected chi connectivity index (χ2v) is 5.65. The molecule has 1 aromatic carbocycles. The van der Waals surface area contributed by atoms with E-state index in [1.165, 1.54) is 6.07 Å². The number of amides is 1. The molecule has 3 rings (SSSR count). The molecule has 1 heterocycles. The van der Waals surface area contributed by atoms with Crippen LogP contribution in [0.1, 0.15) is 44.3 Å². The van der Waals surface area contributed by atoms with Gasteiger partial charge in [0.1, 0.15) is 6.17 Å². The van der Waals surface area contributed by atoms with Gasteiger partial charge in [-0.05, 0) is 37.5 Å². The maximum atomic E-state index is 13.4. The molecule has 20 heavy (non-hydrogen) atoms. The maximum Gasteiger partial charge on any atom is 0.241 e. The first-order valence-electron chi connectivity index (χ1n) is 7.11. The van der Waals surface area contributed by atoms with Gasteiger partial charge in [0.25, 0.3) is 0 Å². The monoisotopic (exact) mass is 280 g/mol. The third-order valence-corrected chi connectivity index (χ3v) is 4.29. The molecule has 2 unspecified atom stereocenters. The Kier molecular flexibility index (Phi) is 3.46. The molecule has 1 saturated heterocycles. The van der Waals surface area contributed by atoms with Crippen molar-refractivity contribution >= 4 is 5.91 Å². The molecule has 2 aliphatic rings. The fourth-order valence-electron chi connectivity index (χ4n) is 3.25. The highest BCUT2D eigenvalue weighted by molar-refractivity contribution is 5.84. The van der Waals surface area contributed by atoms with Gasteiger partial charge < -0.3 is 4.90 Å². The molecule has 1 saturated carbocycles. The van der Waals surface area contributed by atoms with Gasteiger partial charge in [-0.2, -0.15) is 0 Å². The van der Waals surface area contributed by atoms with Crippen molar-refractivity contribution < 1.29 is 13.6 Å². The molecule has 0 spiro atoms. The van der Waals surface area contributed by atoms with E-state index in [1.807, 2.05) is 11.8 Å². The molecule has 1 aliphatic heterocycles. The normalized spacial score (nSPS) is 27.6. The Labute approximate surface area is 117 Å². The van der Waals surface area contributed by atoms with Crippen molar-refractivity contribution in [3.8, 4) is 0 Å². The summed E-state index contributed by atoms with van der Waals surface area (Å²) < 4.78 is 26.5. The third-order valence-electron chi connectivity index (χ3n) is 4.29. The van der Waals surface area contributed by atoms with Crippen molar-refractivity contribution in [1.29, 1.82) is 0 Å². The van der Waals surface area contributed by atoms with Crippen LogP contribution in [0.3, 0.4) is 0 Å². The summed E-state index contributed by atoms with van der Waals surface area (Å²) in [5.41, 5.74) is 0.605. The van der Waals surface area contributed by atoms with E-state index in [-0.39, 0.29) is 24.2 Å². The van der Waals surface area contributed by atoms with E-state index in [4.69, 9.17) is 0 Å². The predicted octanol–water partition coefficient (Wildman–Crippen LogP) is 2.73. The fourth-order valence-corrected chi connectivity index (χ4v) is 3.25. The first kappa shape index (κ1) is 13.5. The topological polar surface area (TPSA) is 32.3 Å². The van der Waals surface area contributed by atoms with Crippen LogP contribution < -0.4 is 5.32 Å². The average Bonchev–Trinajstić information content (AvgIpc) is 3.03. The quantitative estimate of drug-likeness (QED) is 0.903. The highest BCUT2D eigenvalue weighted by atomic mass is 19.2. The molecular weight excluding hydrogens is 262 g/mol. The lowest BCUT2D eigenvalue weighted by atomic mass is 10.1. The number of nitrogens with zero attached hydrogens (tertiary/aromatic N) is 1. The zero-order valence-corrected chi connectivity index (χ0v) is 11.4.